The van der Waals surface area contributed by atoms with Crippen molar-refractivity contribution >= 4 is 24.8 Å². The van der Waals surface area contributed by atoms with Gasteiger partial charge in [0.15, 0.2) is 0 Å². The maximum atomic E-state index is 10.4. The van der Waals surface area contributed by atoms with Gasteiger partial charge in [-0.1, -0.05) is 0 Å². The Balaban J connectivity index is 2.75. The summed E-state index contributed by atoms with van der Waals surface area (Å²) in [6.45, 7) is 8.78. The summed E-state index contributed by atoms with van der Waals surface area (Å²) in [5.74, 6) is 2.75. The quantitative estimate of drug-likeness (QED) is 0.224. The zero-order valence-electron chi connectivity index (χ0n) is 14.8. The van der Waals surface area contributed by atoms with Gasteiger partial charge in [0.2, 0.25) is 0 Å². The summed E-state index contributed by atoms with van der Waals surface area (Å²) in [5.41, 5.74) is -4.35. The number of unbranched alkanes of at least 4 members (excludes halogenated alkanes) is 2. The molecule has 1 saturated heterocycles. The van der Waals surface area contributed by atoms with Crippen molar-refractivity contribution in [1.82, 2.24) is 0 Å². The molecule has 0 aromatic rings. The monoisotopic (exact) mass is 372 g/mol. The molecule has 3 N–H and O–H groups in total. The van der Waals surface area contributed by atoms with Crippen molar-refractivity contribution in [2.75, 3.05) is 11.5 Å². The van der Waals surface area contributed by atoms with Crippen molar-refractivity contribution in [1.29, 1.82) is 0 Å². The van der Waals surface area contributed by atoms with Crippen molar-refractivity contribution in [2.24, 2.45) is 11.8 Å². The number of hydrogen-bond acceptors (Lipinski definition) is 4. The van der Waals surface area contributed by atoms with Crippen LogP contribution in [0.2, 0.25) is 0 Å². The first-order chi connectivity index (χ1) is 10.2. The van der Waals surface area contributed by atoms with E-state index in [1.54, 1.807) is 0 Å². The maximum absolute atomic E-state index is 10.4. The van der Waals surface area contributed by atoms with E-state index >= 15 is 0 Å². The van der Waals surface area contributed by atoms with Crippen molar-refractivity contribution in [2.45, 2.75) is 79.1 Å². The second kappa shape index (κ2) is 8.40. The average Bonchev–Trinajstić information content (AvgIpc) is 2.93. The van der Waals surface area contributed by atoms with Crippen LogP contribution in [0.4, 0.5) is 0 Å². The van der Waals surface area contributed by atoms with Crippen molar-refractivity contribution in [3.05, 3.63) is 0 Å². The van der Waals surface area contributed by atoms with Crippen LogP contribution in [0.1, 0.15) is 79.1 Å². The summed E-state index contributed by atoms with van der Waals surface area (Å²) in [7, 11) is -0.501. The van der Waals surface area contributed by atoms with Crippen LogP contribution in [-0.2, 0) is 0 Å². The molecule has 3 nitrogen and oxygen atoms in total. The molecule has 0 spiro atoms. The molecule has 0 amide bonds. The molecule has 1 aliphatic rings. The Morgan fingerprint density at radius 2 is 1.18 bits per heavy atom. The normalized spacial score (nSPS) is 33.1. The van der Waals surface area contributed by atoms with Gasteiger partial charge < -0.3 is 0 Å². The second-order valence-electron chi connectivity index (χ2n) is 6.85. The zero-order chi connectivity index (χ0) is 16.9. The Labute approximate surface area is 142 Å². The van der Waals surface area contributed by atoms with Gasteiger partial charge in [0.25, 0.3) is 0 Å². The zero-order valence-corrected chi connectivity index (χ0v) is 17.4. The first-order valence-electron chi connectivity index (χ1n) is 8.99. The van der Waals surface area contributed by atoms with Gasteiger partial charge in [-0.25, -0.2) is 0 Å². The molecule has 136 valence electrons. The van der Waals surface area contributed by atoms with Crippen molar-refractivity contribution < 1.29 is 14.7 Å². The van der Waals surface area contributed by atoms with E-state index in [2.05, 4.69) is 27.7 Å². The Bertz CT molecular complexity index is 326. The molecule has 2 atom stereocenters. The summed E-state index contributed by atoms with van der Waals surface area (Å²) < 4.78 is 0. The van der Waals surface area contributed by atoms with Crippen molar-refractivity contribution in [3.8, 4) is 0 Å². The third kappa shape index (κ3) is 5.26. The Hall–Kier alpha value is 1.01. The minimum absolute atomic E-state index is 0.529. The molecular weight excluding hydrogens is 335 g/mol. The van der Waals surface area contributed by atoms with Gasteiger partial charge >= 0.3 is 142 Å². The van der Waals surface area contributed by atoms with Crippen LogP contribution in [0.15, 0.2) is 0 Å². The van der Waals surface area contributed by atoms with Gasteiger partial charge in [0.05, 0.1) is 0 Å². The Morgan fingerprint density at radius 3 is 1.41 bits per heavy atom. The molecule has 0 aliphatic carbocycles. The fourth-order valence-electron chi connectivity index (χ4n) is 3.15. The summed E-state index contributed by atoms with van der Waals surface area (Å²) in [6.07, 6.45) is 9.22. The summed E-state index contributed by atoms with van der Waals surface area (Å²) in [4.78, 5) is 31.2. The molecule has 6 heteroatoms. The van der Waals surface area contributed by atoms with Gasteiger partial charge in [-0.05, 0) is 0 Å². The fourth-order valence-corrected chi connectivity index (χ4v) is 23.4. The molecule has 0 aromatic carbocycles. The molecule has 0 saturated carbocycles. The molecule has 0 aromatic heterocycles. The average molecular weight is 373 g/mol. The molecule has 1 heterocycles. The summed E-state index contributed by atoms with van der Waals surface area (Å²) >= 11 is 0. The van der Waals surface area contributed by atoms with E-state index in [0.717, 1.165) is 37.2 Å². The minimum atomic E-state index is -4.35. The molecule has 1 rings (SSSR count). The van der Waals surface area contributed by atoms with Gasteiger partial charge in [0, 0.05) is 0 Å². The predicted molar refractivity (Wildman–Crippen MR) is 105 cm³/mol. The number of rotatable bonds is 12. The van der Waals surface area contributed by atoms with Gasteiger partial charge in [-0.3, -0.25) is 0 Å². The third-order valence-corrected chi connectivity index (χ3v) is 24.0. The summed E-state index contributed by atoms with van der Waals surface area (Å²) in [6, 6.07) is 0. The van der Waals surface area contributed by atoms with Crippen LogP contribution in [-0.4, -0.2) is 26.2 Å². The summed E-state index contributed by atoms with van der Waals surface area (Å²) in [5, 5.41) is 0. The van der Waals surface area contributed by atoms with E-state index in [-0.39, 0.29) is 0 Å². The van der Waals surface area contributed by atoms with E-state index in [1.807, 2.05) is 0 Å². The SMILES string of the molecule is CCCCC(CC)CS1(CC(CC)CCCC)SP1(O)(O)O. The van der Waals surface area contributed by atoms with Crippen LogP contribution < -0.4 is 0 Å². The van der Waals surface area contributed by atoms with Crippen LogP contribution in [0.25, 0.3) is 0 Å². The van der Waals surface area contributed by atoms with Gasteiger partial charge in [0.1, 0.15) is 0 Å². The van der Waals surface area contributed by atoms with Crippen LogP contribution in [0.5, 0.6) is 0 Å². The first kappa shape index (κ1) is 21.1. The fraction of sp³-hybridized carbons (Fsp3) is 1.00. The van der Waals surface area contributed by atoms with E-state index in [9.17, 15) is 14.7 Å². The molecule has 0 bridgehead atoms. The second-order valence-corrected chi connectivity index (χ2v) is 22.1. The van der Waals surface area contributed by atoms with E-state index < -0.39 is 14.4 Å². The van der Waals surface area contributed by atoms with Crippen LogP contribution in [0.3, 0.4) is 0 Å². The predicted octanol–water partition coefficient (Wildman–Crippen LogP) is 5.99. The topological polar surface area (TPSA) is 60.7 Å². The van der Waals surface area contributed by atoms with Crippen LogP contribution >= 0.6 is 24.8 Å². The molecule has 1 aliphatic heterocycles. The molecule has 0 radical (unpaired) electrons. The van der Waals surface area contributed by atoms with E-state index in [1.165, 1.54) is 36.1 Å². The molecule has 22 heavy (non-hydrogen) atoms. The number of hydrogen-bond donors (Lipinski definition) is 3. The molecule has 1 fully saturated rings. The van der Waals surface area contributed by atoms with E-state index in [0.29, 0.717) is 11.8 Å². The van der Waals surface area contributed by atoms with Gasteiger partial charge in [-0.15, -0.1) is 0 Å². The Morgan fingerprint density at radius 1 is 0.818 bits per heavy atom. The van der Waals surface area contributed by atoms with Crippen LogP contribution in [0, 0.1) is 11.8 Å². The molecule has 2 unspecified atom stereocenters. The standard InChI is InChI=1S/C16H37O3PS2/c1-5-9-11-15(7-3)13-22(20(17,18,19)21-22)14-16(8-4)12-10-6-2/h15-19H,5-14H2,1-4H3. The Kier molecular flexibility index (Phi) is 8.04. The third-order valence-electron chi connectivity index (χ3n) is 4.91. The van der Waals surface area contributed by atoms with Crippen molar-refractivity contribution in [3.63, 3.8) is 0 Å². The molecular formula is C16H37O3PS2. The first-order valence-corrected chi connectivity index (χ1v) is 15.6. The van der Waals surface area contributed by atoms with E-state index in [4.69, 9.17) is 0 Å². The van der Waals surface area contributed by atoms with Gasteiger partial charge in [-0.2, -0.15) is 0 Å².